The van der Waals surface area contributed by atoms with Crippen LogP contribution in [-0.2, 0) is 9.59 Å². The number of amides is 4. The van der Waals surface area contributed by atoms with E-state index in [2.05, 4.69) is 31.1 Å². The van der Waals surface area contributed by atoms with Gasteiger partial charge >= 0.3 is 0 Å². The second-order valence-electron chi connectivity index (χ2n) is 9.84. The first kappa shape index (κ1) is 25.1. The monoisotopic (exact) mass is 595 g/mol. The predicted octanol–water partition coefficient (Wildman–Crippen LogP) is 2.80. The quantitative estimate of drug-likeness (QED) is 0.230. The van der Waals surface area contributed by atoms with Gasteiger partial charge in [-0.3, -0.25) is 19.2 Å². The maximum Gasteiger partial charge on any atom is 0.273 e. The highest BCUT2D eigenvalue weighted by molar-refractivity contribution is 7.17. The van der Waals surface area contributed by atoms with E-state index in [4.69, 9.17) is 8.85 Å². The lowest BCUT2D eigenvalue weighted by Crippen LogP contribution is -2.30. The Morgan fingerprint density at radius 2 is 2.05 bits per heavy atom. The van der Waals surface area contributed by atoms with Gasteiger partial charge in [0.05, 0.1) is 30.2 Å². The molecule has 1 aliphatic carbocycles. The van der Waals surface area contributed by atoms with Crippen LogP contribution < -0.4 is 26.0 Å². The molecule has 1 saturated carbocycles. The molecule has 220 valence electrons. The van der Waals surface area contributed by atoms with Gasteiger partial charge in [-0.05, 0) is 37.8 Å². The standard InChI is InChI=1S/C28H32N8O5S/c1-29-27(40)23-19(14-21(34-35-23)33-25(38)16-9-10-16)32-18-7-3-6-17(24(18)41-2)28-31-15-20(42-28)26(39)30-11-5-13-36-12-4-8-22(36)37/h3,6-7,14-16H,4-5,8-13H2,1-2H3,(H,29,40)(H,30,39)(H2,32,33,34,38)/i1D3. The van der Waals surface area contributed by atoms with Crippen molar-refractivity contribution < 1.29 is 28.0 Å². The summed E-state index contributed by atoms with van der Waals surface area (Å²) in [5.41, 5.74) is 0.688. The van der Waals surface area contributed by atoms with Gasteiger partial charge in [-0.2, -0.15) is 0 Å². The molecule has 2 fully saturated rings. The van der Waals surface area contributed by atoms with Crippen LogP contribution in [0.3, 0.4) is 0 Å². The number of thiazole rings is 1. The molecule has 4 amide bonds. The van der Waals surface area contributed by atoms with Crippen molar-refractivity contribution in [1.82, 2.24) is 30.7 Å². The summed E-state index contributed by atoms with van der Waals surface area (Å²) < 4.78 is 27.9. The van der Waals surface area contributed by atoms with E-state index in [1.54, 1.807) is 23.1 Å². The molecular weight excluding hydrogens is 560 g/mol. The van der Waals surface area contributed by atoms with E-state index in [1.165, 1.54) is 19.4 Å². The van der Waals surface area contributed by atoms with E-state index in [-0.39, 0.29) is 40.8 Å². The maximum absolute atomic E-state index is 12.8. The van der Waals surface area contributed by atoms with Crippen molar-refractivity contribution in [2.24, 2.45) is 5.92 Å². The number of hydrogen-bond acceptors (Lipinski definition) is 10. The number of benzene rings is 1. The largest absolute Gasteiger partial charge is 0.494 e. The third kappa shape index (κ3) is 6.65. The molecule has 0 spiro atoms. The molecule has 42 heavy (non-hydrogen) atoms. The topological polar surface area (TPSA) is 168 Å². The van der Waals surface area contributed by atoms with Gasteiger partial charge in [0.1, 0.15) is 9.88 Å². The Labute approximate surface area is 250 Å². The molecule has 13 nitrogen and oxygen atoms in total. The fourth-order valence-corrected chi connectivity index (χ4v) is 5.38. The van der Waals surface area contributed by atoms with Crippen molar-refractivity contribution in [3.63, 3.8) is 0 Å². The van der Waals surface area contributed by atoms with Crippen molar-refractivity contribution >= 4 is 52.2 Å². The van der Waals surface area contributed by atoms with Gasteiger partial charge in [0.25, 0.3) is 11.8 Å². The van der Waals surface area contributed by atoms with Crippen LogP contribution in [0.15, 0.2) is 30.5 Å². The number of nitrogens with zero attached hydrogens (tertiary/aromatic N) is 4. The Balaban J connectivity index is 1.34. The summed E-state index contributed by atoms with van der Waals surface area (Å²) >= 11 is 1.16. The highest BCUT2D eigenvalue weighted by Crippen LogP contribution is 2.40. The van der Waals surface area contributed by atoms with Crippen LogP contribution >= 0.6 is 11.3 Å². The predicted molar refractivity (Wildman–Crippen MR) is 157 cm³/mol. The van der Waals surface area contributed by atoms with E-state index < -0.39 is 12.9 Å². The van der Waals surface area contributed by atoms with Crippen molar-refractivity contribution in [2.75, 3.05) is 44.4 Å². The molecule has 2 aliphatic rings. The van der Waals surface area contributed by atoms with E-state index in [1.807, 2.05) is 5.32 Å². The van der Waals surface area contributed by atoms with Gasteiger partial charge in [-0.25, -0.2) is 4.98 Å². The molecule has 0 radical (unpaired) electrons. The lowest BCUT2D eigenvalue weighted by atomic mass is 10.1. The molecule has 0 bridgehead atoms. The zero-order chi connectivity index (χ0) is 32.1. The van der Waals surface area contributed by atoms with Crippen molar-refractivity contribution in [1.29, 1.82) is 0 Å². The van der Waals surface area contributed by atoms with Gasteiger partial charge in [0, 0.05) is 49.1 Å². The number of methoxy groups -OCH3 is 1. The number of aromatic nitrogens is 3. The zero-order valence-electron chi connectivity index (χ0n) is 25.9. The minimum atomic E-state index is -2.77. The van der Waals surface area contributed by atoms with E-state index in [0.717, 1.165) is 37.1 Å². The average Bonchev–Trinajstić information content (AvgIpc) is 3.59. The van der Waals surface area contributed by atoms with Gasteiger partial charge in [0.15, 0.2) is 17.3 Å². The second kappa shape index (κ2) is 12.9. The molecule has 3 heterocycles. The molecule has 1 aliphatic heterocycles. The first-order valence-corrected chi connectivity index (χ1v) is 14.3. The number of anilines is 3. The second-order valence-corrected chi connectivity index (χ2v) is 10.9. The third-order valence-electron chi connectivity index (χ3n) is 6.83. The zero-order valence-corrected chi connectivity index (χ0v) is 23.7. The number of likely N-dealkylation sites (tertiary alicyclic amines) is 1. The fourth-order valence-electron chi connectivity index (χ4n) is 4.52. The van der Waals surface area contributed by atoms with Crippen molar-refractivity contribution in [2.45, 2.75) is 32.1 Å². The van der Waals surface area contributed by atoms with E-state index in [0.29, 0.717) is 52.8 Å². The van der Waals surface area contributed by atoms with E-state index >= 15 is 0 Å². The maximum atomic E-state index is 12.8. The number of ether oxygens (including phenoxy) is 1. The summed E-state index contributed by atoms with van der Waals surface area (Å²) in [6.45, 7) is -0.994. The van der Waals surface area contributed by atoms with Crippen LogP contribution in [0.25, 0.3) is 10.6 Å². The molecular formula is C28H32N8O5S. The summed E-state index contributed by atoms with van der Waals surface area (Å²) in [6, 6.07) is 6.53. The normalized spacial score (nSPS) is 15.8. The number of nitrogens with one attached hydrogen (secondary N) is 4. The van der Waals surface area contributed by atoms with Gasteiger partial charge in [-0.15, -0.1) is 21.5 Å². The molecule has 14 heteroatoms. The molecule has 0 unspecified atom stereocenters. The number of carbonyl (C=O) groups is 4. The average molecular weight is 596 g/mol. The Morgan fingerprint density at radius 3 is 2.79 bits per heavy atom. The molecule has 0 atom stereocenters. The van der Waals surface area contributed by atoms with Gasteiger partial charge in [-0.1, -0.05) is 6.07 Å². The summed E-state index contributed by atoms with van der Waals surface area (Å²) in [5.74, 6) is -1.05. The van der Waals surface area contributed by atoms with Crippen LogP contribution in [0.1, 0.15) is 56.4 Å². The highest BCUT2D eigenvalue weighted by atomic mass is 32.1. The lowest BCUT2D eigenvalue weighted by Gasteiger charge is -2.16. The summed E-state index contributed by atoms with van der Waals surface area (Å²) in [6.07, 6.45) is 5.11. The highest BCUT2D eigenvalue weighted by Gasteiger charge is 2.30. The number of para-hydroxylation sites is 1. The number of rotatable bonds is 12. The Morgan fingerprint density at radius 1 is 1.19 bits per heavy atom. The number of hydrogen-bond donors (Lipinski definition) is 4. The molecule has 1 aromatic carbocycles. The SMILES string of the molecule is [2H]C([2H])([2H])NC(=O)c1nnc(NC(=O)C2CC2)cc1Nc1cccc(-c2ncc(C(=O)NCCCN3CCCC3=O)s2)c1OC. The summed E-state index contributed by atoms with van der Waals surface area (Å²) in [7, 11) is 1.45. The molecule has 4 N–H and O–H groups in total. The smallest absolute Gasteiger partial charge is 0.273 e. The van der Waals surface area contributed by atoms with Crippen LogP contribution in [0.5, 0.6) is 5.75 Å². The molecule has 3 aromatic rings. The molecule has 2 aromatic heterocycles. The third-order valence-corrected chi connectivity index (χ3v) is 7.86. The molecule has 1 saturated heterocycles. The van der Waals surface area contributed by atoms with Gasteiger partial charge in [0.2, 0.25) is 11.8 Å². The Kier molecular flexibility index (Phi) is 7.74. The Hall–Kier alpha value is -4.59. The van der Waals surface area contributed by atoms with Crippen LogP contribution in [-0.4, -0.2) is 77.4 Å². The van der Waals surface area contributed by atoms with Crippen LogP contribution in [0.4, 0.5) is 17.2 Å². The van der Waals surface area contributed by atoms with Crippen LogP contribution in [0.2, 0.25) is 0 Å². The fraction of sp³-hybridized carbons (Fsp3) is 0.393. The van der Waals surface area contributed by atoms with E-state index in [9.17, 15) is 19.2 Å². The number of carbonyl (C=O) groups excluding carboxylic acids is 4. The van der Waals surface area contributed by atoms with Crippen LogP contribution in [0, 0.1) is 5.92 Å². The molecule has 5 rings (SSSR count). The summed E-state index contributed by atoms with van der Waals surface area (Å²) in [5, 5.41) is 18.8. The summed E-state index contributed by atoms with van der Waals surface area (Å²) in [4.78, 5) is 56.3. The first-order valence-electron chi connectivity index (χ1n) is 15.0. The minimum absolute atomic E-state index is 0.0723. The first-order chi connectivity index (χ1) is 21.5. The van der Waals surface area contributed by atoms with Gasteiger partial charge < -0.3 is 30.9 Å². The van der Waals surface area contributed by atoms with Crippen molar-refractivity contribution in [3.8, 4) is 16.3 Å². The Bertz CT molecular complexity index is 1610. The van der Waals surface area contributed by atoms with Crippen molar-refractivity contribution in [3.05, 3.63) is 41.0 Å². The lowest BCUT2D eigenvalue weighted by molar-refractivity contribution is -0.127. The minimum Gasteiger partial charge on any atom is -0.494 e.